The zero-order valence-electron chi connectivity index (χ0n) is 15.6. The fraction of sp³-hybridized carbons (Fsp3) is 0.350. The highest BCUT2D eigenvalue weighted by atomic mass is 32.2. The summed E-state index contributed by atoms with van der Waals surface area (Å²) in [5, 5.41) is 0. The van der Waals surface area contributed by atoms with Crippen LogP contribution in [-0.4, -0.2) is 32.3 Å². The molecule has 0 saturated carbocycles. The van der Waals surface area contributed by atoms with E-state index in [1.807, 2.05) is 0 Å². The quantitative estimate of drug-likeness (QED) is 0.782. The minimum Gasteiger partial charge on any atom is -0.339 e. The molecule has 0 atom stereocenters. The van der Waals surface area contributed by atoms with Crippen molar-refractivity contribution in [3.8, 4) is 0 Å². The van der Waals surface area contributed by atoms with E-state index in [4.69, 9.17) is 0 Å². The van der Waals surface area contributed by atoms with Gasteiger partial charge in [-0.05, 0) is 49.2 Å². The van der Waals surface area contributed by atoms with E-state index < -0.39 is 21.8 Å². The lowest BCUT2D eigenvalue weighted by Crippen LogP contribution is -2.32. The molecule has 0 bridgehead atoms. The van der Waals surface area contributed by atoms with Crippen molar-refractivity contribution >= 4 is 21.6 Å². The highest BCUT2D eigenvalue weighted by molar-refractivity contribution is 7.92. The minimum atomic E-state index is -4.58. The van der Waals surface area contributed by atoms with Crippen molar-refractivity contribution in [2.45, 2.75) is 36.8 Å². The molecule has 3 rings (SSSR count). The molecule has 1 aliphatic heterocycles. The fourth-order valence-electron chi connectivity index (χ4n) is 3.23. The van der Waals surface area contributed by atoms with Crippen LogP contribution in [0.4, 0.5) is 18.9 Å². The van der Waals surface area contributed by atoms with Gasteiger partial charge in [0.05, 0.1) is 10.5 Å². The van der Waals surface area contributed by atoms with Gasteiger partial charge in [0.2, 0.25) is 0 Å². The third-order valence-electron chi connectivity index (χ3n) is 4.73. The Labute approximate surface area is 167 Å². The van der Waals surface area contributed by atoms with Gasteiger partial charge in [0.1, 0.15) is 0 Å². The maximum absolute atomic E-state index is 12.9. The van der Waals surface area contributed by atoms with Crippen LogP contribution in [0.3, 0.4) is 0 Å². The van der Waals surface area contributed by atoms with Crippen molar-refractivity contribution in [2.24, 2.45) is 0 Å². The van der Waals surface area contributed by atoms with Crippen LogP contribution in [0.1, 0.15) is 41.6 Å². The maximum atomic E-state index is 12.9. The zero-order valence-corrected chi connectivity index (χ0v) is 16.4. The van der Waals surface area contributed by atoms with Crippen LogP contribution in [0.25, 0.3) is 0 Å². The molecular formula is C20H21F3N2O3S. The van der Waals surface area contributed by atoms with Gasteiger partial charge in [-0.15, -0.1) is 0 Å². The first-order chi connectivity index (χ1) is 13.7. The van der Waals surface area contributed by atoms with Gasteiger partial charge in [-0.2, -0.15) is 13.2 Å². The first-order valence-electron chi connectivity index (χ1n) is 9.26. The molecule has 1 heterocycles. The molecule has 1 N–H and O–H groups in total. The van der Waals surface area contributed by atoms with Crippen molar-refractivity contribution < 1.29 is 26.4 Å². The van der Waals surface area contributed by atoms with E-state index >= 15 is 0 Å². The van der Waals surface area contributed by atoms with Gasteiger partial charge >= 0.3 is 6.18 Å². The van der Waals surface area contributed by atoms with E-state index in [0.717, 1.165) is 43.9 Å². The second-order valence-corrected chi connectivity index (χ2v) is 8.60. The Morgan fingerprint density at radius 2 is 1.59 bits per heavy atom. The largest absolute Gasteiger partial charge is 0.416 e. The summed E-state index contributed by atoms with van der Waals surface area (Å²) in [4.78, 5) is 14.3. The first-order valence-corrected chi connectivity index (χ1v) is 10.7. The standard InChI is InChI=1S/C20H21F3N2O3S/c21-20(22,23)16-8-6-9-17(14-16)24-29(27,28)18-10-5-7-15(13-18)19(26)25-11-3-1-2-4-12-25/h5-10,13-14,24H,1-4,11-12H2. The number of carbonyl (C=O) groups excluding carboxylic acids is 1. The number of likely N-dealkylation sites (tertiary alicyclic amines) is 1. The van der Waals surface area contributed by atoms with Crippen LogP contribution >= 0.6 is 0 Å². The fourth-order valence-corrected chi connectivity index (χ4v) is 4.32. The van der Waals surface area contributed by atoms with Crippen LogP contribution in [-0.2, 0) is 16.2 Å². The van der Waals surface area contributed by atoms with E-state index in [2.05, 4.69) is 4.72 Å². The van der Waals surface area contributed by atoms with Crippen LogP contribution in [0.5, 0.6) is 0 Å². The normalized spacial score (nSPS) is 15.6. The number of nitrogens with zero attached hydrogens (tertiary/aromatic N) is 1. The highest BCUT2D eigenvalue weighted by Gasteiger charge is 2.31. The number of carbonyl (C=O) groups is 1. The van der Waals surface area contributed by atoms with Crippen molar-refractivity contribution in [1.82, 2.24) is 4.90 Å². The molecule has 1 aliphatic rings. The van der Waals surface area contributed by atoms with Crippen LogP contribution in [0.15, 0.2) is 53.4 Å². The van der Waals surface area contributed by atoms with E-state index in [0.29, 0.717) is 13.1 Å². The summed E-state index contributed by atoms with van der Waals surface area (Å²) < 4.78 is 66.0. The molecule has 0 unspecified atom stereocenters. The van der Waals surface area contributed by atoms with Gasteiger partial charge in [-0.3, -0.25) is 9.52 Å². The third kappa shape index (κ3) is 5.29. The Balaban J connectivity index is 1.83. The van der Waals surface area contributed by atoms with Crippen molar-refractivity contribution in [3.63, 3.8) is 0 Å². The minimum absolute atomic E-state index is 0.185. The highest BCUT2D eigenvalue weighted by Crippen LogP contribution is 2.31. The molecule has 2 aromatic rings. The molecular weight excluding hydrogens is 405 g/mol. The molecule has 5 nitrogen and oxygen atoms in total. The summed E-state index contributed by atoms with van der Waals surface area (Å²) in [6, 6.07) is 9.49. The second kappa shape index (κ2) is 8.44. The molecule has 0 spiro atoms. The molecule has 9 heteroatoms. The molecule has 156 valence electrons. The van der Waals surface area contributed by atoms with Gasteiger partial charge in [0.25, 0.3) is 15.9 Å². The lowest BCUT2D eigenvalue weighted by Gasteiger charge is -2.20. The van der Waals surface area contributed by atoms with Gasteiger partial charge < -0.3 is 4.90 Å². The Morgan fingerprint density at radius 3 is 2.24 bits per heavy atom. The molecule has 1 fully saturated rings. The number of hydrogen-bond donors (Lipinski definition) is 1. The van der Waals surface area contributed by atoms with E-state index in [1.165, 1.54) is 30.3 Å². The van der Waals surface area contributed by atoms with E-state index in [-0.39, 0.29) is 22.1 Å². The van der Waals surface area contributed by atoms with Crippen molar-refractivity contribution in [2.75, 3.05) is 17.8 Å². The molecule has 1 saturated heterocycles. The summed E-state index contributed by atoms with van der Waals surface area (Å²) in [5.74, 6) is -0.247. The summed E-state index contributed by atoms with van der Waals surface area (Å²) in [7, 11) is -4.16. The number of alkyl halides is 3. The first kappa shape index (κ1) is 21.2. The van der Waals surface area contributed by atoms with Crippen molar-refractivity contribution in [3.05, 3.63) is 59.7 Å². The number of benzene rings is 2. The van der Waals surface area contributed by atoms with E-state index in [9.17, 15) is 26.4 Å². The second-order valence-electron chi connectivity index (χ2n) is 6.92. The Kier molecular flexibility index (Phi) is 6.16. The van der Waals surface area contributed by atoms with Gasteiger partial charge in [0, 0.05) is 24.3 Å². The van der Waals surface area contributed by atoms with Crippen molar-refractivity contribution in [1.29, 1.82) is 0 Å². The molecule has 2 aromatic carbocycles. The smallest absolute Gasteiger partial charge is 0.339 e. The number of nitrogens with one attached hydrogen (secondary N) is 1. The average Bonchev–Trinajstić information content (AvgIpc) is 2.96. The third-order valence-corrected chi connectivity index (χ3v) is 6.11. The van der Waals surface area contributed by atoms with Gasteiger partial charge in [0.15, 0.2) is 0 Å². The lowest BCUT2D eigenvalue weighted by atomic mass is 10.2. The van der Waals surface area contributed by atoms with Gasteiger partial charge in [-0.1, -0.05) is 25.0 Å². The number of rotatable bonds is 4. The summed E-state index contributed by atoms with van der Waals surface area (Å²) in [5.41, 5.74) is -0.925. The summed E-state index contributed by atoms with van der Waals surface area (Å²) in [6.45, 7) is 1.25. The Morgan fingerprint density at radius 1 is 0.931 bits per heavy atom. The molecule has 0 radical (unpaired) electrons. The number of anilines is 1. The monoisotopic (exact) mass is 426 g/mol. The predicted molar refractivity (Wildman–Crippen MR) is 103 cm³/mol. The van der Waals surface area contributed by atoms with Gasteiger partial charge in [-0.25, -0.2) is 8.42 Å². The summed E-state index contributed by atoms with van der Waals surface area (Å²) in [6.07, 6.45) is -0.666. The van der Waals surface area contributed by atoms with Crippen LogP contribution in [0.2, 0.25) is 0 Å². The number of amides is 1. The SMILES string of the molecule is O=C(c1cccc(S(=O)(=O)Nc2cccc(C(F)(F)F)c2)c1)N1CCCCCC1. The molecule has 1 amide bonds. The molecule has 0 aromatic heterocycles. The number of sulfonamides is 1. The number of halogens is 3. The summed E-state index contributed by atoms with van der Waals surface area (Å²) >= 11 is 0. The van der Waals surface area contributed by atoms with Crippen LogP contribution < -0.4 is 4.72 Å². The zero-order chi connectivity index (χ0) is 21.1. The Bertz CT molecular complexity index is 982. The topological polar surface area (TPSA) is 66.5 Å². The molecule has 29 heavy (non-hydrogen) atoms. The van der Waals surface area contributed by atoms with E-state index in [1.54, 1.807) is 4.90 Å². The Hall–Kier alpha value is -2.55. The average molecular weight is 426 g/mol. The predicted octanol–water partition coefficient (Wildman–Crippen LogP) is 4.52. The maximum Gasteiger partial charge on any atom is 0.416 e. The molecule has 0 aliphatic carbocycles. The lowest BCUT2D eigenvalue weighted by molar-refractivity contribution is -0.137. The number of hydrogen-bond acceptors (Lipinski definition) is 3. The van der Waals surface area contributed by atoms with Crippen LogP contribution in [0, 0.1) is 0 Å².